The molecule has 0 bridgehead atoms. The van der Waals surface area contributed by atoms with Gasteiger partial charge in [0.25, 0.3) is 5.91 Å². The third kappa shape index (κ3) is 2.17. The van der Waals surface area contributed by atoms with Gasteiger partial charge in [0.2, 0.25) is 0 Å². The molecule has 1 aromatic rings. The summed E-state index contributed by atoms with van der Waals surface area (Å²) in [5.74, 6) is 0.272. The number of nitroso groups, excluding NO2 is 1. The zero-order valence-electron chi connectivity index (χ0n) is 13.4. The van der Waals surface area contributed by atoms with Crippen molar-refractivity contribution in [1.82, 2.24) is 4.90 Å². The van der Waals surface area contributed by atoms with Crippen molar-refractivity contribution < 1.29 is 9.53 Å². The van der Waals surface area contributed by atoms with Gasteiger partial charge in [0.15, 0.2) is 5.69 Å². The van der Waals surface area contributed by atoms with Crippen molar-refractivity contribution in [3.05, 3.63) is 46.0 Å². The molecule has 2 atom stereocenters. The Kier molecular flexibility index (Phi) is 3.65. The Morgan fingerprint density at radius 3 is 2.96 bits per heavy atom. The number of carbonyl (C=O) groups excluding carboxylic acids is 1. The number of benzene rings is 1. The van der Waals surface area contributed by atoms with Gasteiger partial charge in [-0.05, 0) is 57.6 Å². The van der Waals surface area contributed by atoms with Crippen molar-refractivity contribution in [2.24, 2.45) is 5.18 Å². The molecule has 1 unspecified atom stereocenters. The fourth-order valence-corrected chi connectivity index (χ4v) is 4.26. The molecule has 1 amide bonds. The fourth-order valence-electron chi connectivity index (χ4n) is 3.81. The first kappa shape index (κ1) is 15.3. The summed E-state index contributed by atoms with van der Waals surface area (Å²) in [7, 11) is 4.13. The number of nitrogens with zero attached hydrogens (tertiary/aromatic N) is 3. The molecule has 2 heterocycles. The summed E-state index contributed by atoms with van der Waals surface area (Å²) < 4.78 is 7.18. The van der Waals surface area contributed by atoms with Crippen LogP contribution in [0.15, 0.2) is 40.7 Å². The standard InChI is InChI=1S/C17H18N3O3P/c1-23-16-7-12-15(8-13(16)18-22)19(24)9-11-6-10-4-2-3-5-14(10)20(11)17(12)21/h3,5,7-8,11H,2,4,6,9,24H2,1H3/t11-/m0/s1. The summed E-state index contributed by atoms with van der Waals surface area (Å²) >= 11 is 0. The van der Waals surface area contributed by atoms with Crippen molar-refractivity contribution in [3.63, 3.8) is 0 Å². The quantitative estimate of drug-likeness (QED) is 0.609. The normalized spacial score (nSPS) is 22.1. The highest BCUT2D eigenvalue weighted by Gasteiger charge is 2.40. The first-order valence-corrected chi connectivity index (χ1v) is 8.45. The molecule has 24 heavy (non-hydrogen) atoms. The van der Waals surface area contributed by atoms with Gasteiger partial charge < -0.3 is 14.3 Å². The van der Waals surface area contributed by atoms with Crippen LogP contribution >= 0.6 is 9.39 Å². The van der Waals surface area contributed by atoms with E-state index in [1.54, 1.807) is 12.1 Å². The van der Waals surface area contributed by atoms with Crippen molar-refractivity contribution >= 4 is 26.7 Å². The number of ether oxygens (including phenoxy) is 1. The van der Waals surface area contributed by atoms with Gasteiger partial charge in [0.1, 0.15) is 5.75 Å². The lowest BCUT2D eigenvalue weighted by molar-refractivity contribution is 0.0783. The average molecular weight is 343 g/mol. The van der Waals surface area contributed by atoms with Gasteiger partial charge in [-0.1, -0.05) is 6.08 Å². The van der Waals surface area contributed by atoms with Crippen LogP contribution in [0.4, 0.5) is 11.4 Å². The Labute approximate surface area is 142 Å². The van der Waals surface area contributed by atoms with Crippen LogP contribution < -0.4 is 9.41 Å². The first-order valence-electron chi connectivity index (χ1n) is 7.93. The smallest absolute Gasteiger partial charge is 0.260 e. The molecular formula is C17H18N3O3P. The number of allylic oxidation sites excluding steroid dienone is 2. The van der Waals surface area contributed by atoms with Gasteiger partial charge in [-0.3, -0.25) is 4.79 Å². The maximum absolute atomic E-state index is 13.2. The predicted molar refractivity (Wildman–Crippen MR) is 95.5 cm³/mol. The number of fused-ring (bicyclic) bond motifs is 3. The number of hydrogen-bond donors (Lipinski definition) is 0. The van der Waals surface area contributed by atoms with Crippen molar-refractivity contribution in [2.75, 3.05) is 18.3 Å². The number of methoxy groups -OCH3 is 1. The highest BCUT2D eigenvalue weighted by molar-refractivity contribution is 7.19. The lowest BCUT2D eigenvalue weighted by Crippen LogP contribution is -2.38. The van der Waals surface area contributed by atoms with Crippen LogP contribution in [0.5, 0.6) is 5.75 Å². The second kappa shape index (κ2) is 5.71. The van der Waals surface area contributed by atoms with E-state index in [4.69, 9.17) is 4.74 Å². The summed E-state index contributed by atoms with van der Waals surface area (Å²) in [5.41, 5.74) is 3.83. The van der Waals surface area contributed by atoms with Gasteiger partial charge in [0.05, 0.1) is 24.4 Å². The Bertz CT molecular complexity index is 803. The highest BCUT2D eigenvalue weighted by Crippen LogP contribution is 2.44. The minimum atomic E-state index is -0.0488. The van der Waals surface area contributed by atoms with Gasteiger partial charge in [-0.15, -0.1) is 4.91 Å². The minimum absolute atomic E-state index is 0.0488. The van der Waals surface area contributed by atoms with Crippen LogP contribution in [-0.4, -0.2) is 30.5 Å². The van der Waals surface area contributed by atoms with Crippen LogP contribution in [0.1, 0.15) is 29.6 Å². The molecule has 0 radical (unpaired) electrons. The SMILES string of the molecule is COc1cc2c(cc1N=O)N(P)C[C@@H]1CC3=C(C=CCC3)N1C2=O. The molecule has 124 valence electrons. The van der Waals surface area contributed by atoms with E-state index in [9.17, 15) is 9.70 Å². The van der Waals surface area contributed by atoms with E-state index in [0.717, 1.165) is 25.0 Å². The molecule has 2 aliphatic heterocycles. The summed E-state index contributed by atoms with van der Waals surface area (Å²) in [5, 5.41) is 3.02. The molecule has 6 nitrogen and oxygen atoms in total. The van der Waals surface area contributed by atoms with Crippen LogP contribution in [0.25, 0.3) is 0 Å². The number of rotatable bonds is 2. The van der Waals surface area contributed by atoms with E-state index in [-0.39, 0.29) is 17.6 Å². The fraction of sp³-hybridized carbons (Fsp3) is 0.353. The minimum Gasteiger partial charge on any atom is -0.494 e. The molecule has 0 aromatic heterocycles. The molecule has 1 aromatic carbocycles. The number of anilines is 1. The number of carbonyl (C=O) groups is 1. The first-order chi connectivity index (χ1) is 11.6. The molecule has 0 spiro atoms. The zero-order chi connectivity index (χ0) is 16.8. The van der Waals surface area contributed by atoms with E-state index in [1.807, 2.05) is 9.57 Å². The van der Waals surface area contributed by atoms with Crippen molar-refractivity contribution in [2.45, 2.75) is 25.3 Å². The van der Waals surface area contributed by atoms with E-state index >= 15 is 0 Å². The highest BCUT2D eigenvalue weighted by atomic mass is 31.0. The molecule has 3 aliphatic rings. The maximum atomic E-state index is 13.2. The Morgan fingerprint density at radius 2 is 2.21 bits per heavy atom. The monoisotopic (exact) mass is 343 g/mol. The molecule has 0 saturated carbocycles. The van der Waals surface area contributed by atoms with Gasteiger partial charge >= 0.3 is 0 Å². The van der Waals surface area contributed by atoms with E-state index in [1.165, 1.54) is 12.7 Å². The largest absolute Gasteiger partial charge is 0.494 e. The van der Waals surface area contributed by atoms with Crippen molar-refractivity contribution in [3.8, 4) is 5.75 Å². The average Bonchev–Trinajstić information content (AvgIpc) is 2.93. The molecule has 7 heteroatoms. The lowest BCUT2D eigenvalue weighted by Gasteiger charge is -2.26. The summed E-state index contributed by atoms with van der Waals surface area (Å²) in [6, 6.07) is 3.35. The lowest BCUT2D eigenvalue weighted by atomic mass is 10.0. The summed E-state index contributed by atoms with van der Waals surface area (Å²) in [6.07, 6.45) is 7.15. The van der Waals surface area contributed by atoms with Gasteiger partial charge in [-0.25, -0.2) is 0 Å². The van der Waals surface area contributed by atoms with E-state index < -0.39 is 0 Å². The third-order valence-electron chi connectivity index (χ3n) is 4.92. The predicted octanol–water partition coefficient (Wildman–Crippen LogP) is 3.52. The van der Waals surface area contributed by atoms with Crippen LogP contribution in [0.3, 0.4) is 0 Å². The Morgan fingerprint density at radius 1 is 1.38 bits per heavy atom. The Hall–Kier alpha value is -2.20. The molecular weight excluding hydrogens is 325 g/mol. The van der Waals surface area contributed by atoms with Crippen LogP contribution in [0, 0.1) is 4.91 Å². The van der Waals surface area contributed by atoms with Gasteiger partial charge in [-0.2, -0.15) is 0 Å². The topological polar surface area (TPSA) is 62.2 Å². The van der Waals surface area contributed by atoms with E-state index in [0.29, 0.717) is 23.5 Å². The molecule has 0 N–H and O–H groups in total. The Balaban J connectivity index is 1.86. The molecule has 0 saturated heterocycles. The molecule has 0 fully saturated rings. The maximum Gasteiger partial charge on any atom is 0.260 e. The summed E-state index contributed by atoms with van der Waals surface area (Å²) in [6.45, 7) is 0.689. The van der Waals surface area contributed by atoms with Crippen molar-refractivity contribution in [1.29, 1.82) is 0 Å². The third-order valence-corrected chi connectivity index (χ3v) is 5.41. The van der Waals surface area contributed by atoms with E-state index in [2.05, 4.69) is 26.7 Å². The second-order valence-electron chi connectivity index (χ2n) is 6.25. The van der Waals surface area contributed by atoms with Crippen LogP contribution in [-0.2, 0) is 0 Å². The number of hydrogen-bond acceptors (Lipinski definition) is 5. The number of amides is 1. The molecule has 4 rings (SSSR count). The zero-order valence-corrected chi connectivity index (χ0v) is 14.5. The molecule has 1 aliphatic carbocycles. The van der Waals surface area contributed by atoms with Crippen LogP contribution in [0.2, 0.25) is 0 Å². The van der Waals surface area contributed by atoms with Gasteiger partial charge in [0, 0.05) is 12.2 Å². The second-order valence-corrected chi connectivity index (χ2v) is 6.87. The summed E-state index contributed by atoms with van der Waals surface area (Å²) in [4.78, 5) is 26.2.